The first-order valence-corrected chi connectivity index (χ1v) is 9.89. The Kier molecular flexibility index (Phi) is 8.64. The summed E-state index contributed by atoms with van der Waals surface area (Å²) in [6, 6.07) is 6.37. The third-order valence-corrected chi connectivity index (χ3v) is 4.76. The summed E-state index contributed by atoms with van der Waals surface area (Å²) in [5, 5.41) is 2.87. The number of ketones is 1. The fraction of sp³-hybridized carbons (Fsp3) is 0.524. The van der Waals surface area contributed by atoms with Crippen LogP contribution in [0.15, 0.2) is 24.3 Å². The van der Waals surface area contributed by atoms with Crippen molar-refractivity contribution in [2.24, 2.45) is 5.92 Å². The first-order valence-electron chi connectivity index (χ1n) is 9.89. The van der Waals surface area contributed by atoms with Crippen LogP contribution >= 0.6 is 0 Å². The average Bonchev–Trinajstić information content (AvgIpc) is 2.71. The van der Waals surface area contributed by atoms with E-state index in [1.807, 2.05) is 0 Å². The van der Waals surface area contributed by atoms with Gasteiger partial charge in [0.2, 0.25) is 5.91 Å². The lowest BCUT2D eigenvalue weighted by atomic mass is 9.96. The summed E-state index contributed by atoms with van der Waals surface area (Å²) in [5.74, 6) is 0.466. The molecule has 1 N–H and O–H groups in total. The van der Waals surface area contributed by atoms with Gasteiger partial charge < -0.3 is 24.5 Å². The summed E-state index contributed by atoms with van der Waals surface area (Å²) >= 11 is 0. The maximum atomic E-state index is 12.6. The van der Waals surface area contributed by atoms with E-state index in [-0.39, 0.29) is 37.0 Å². The molecule has 0 radical (unpaired) electrons. The van der Waals surface area contributed by atoms with E-state index in [4.69, 9.17) is 9.47 Å². The van der Waals surface area contributed by atoms with Gasteiger partial charge in [-0.05, 0) is 56.9 Å². The second-order valence-corrected chi connectivity index (χ2v) is 7.05. The van der Waals surface area contributed by atoms with E-state index in [0.717, 1.165) is 12.8 Å². The van der Waals surface area contributed by atoms with E-state index in [9.17, 15) is 19.2 Å². The highest BCUT2D eigenvalue weighted by Gasteiger charge is 2.24. The van der Waals surface area contributed by atoms with Gasteiger partial charge in [-0.2, -0.15) is 0 Å². The highest BCUT2D eigenvalue weighted by atomic mass is 16.7. The van der Waals surface area contributed by atoms with Crippen LogP contribution in [0.3, 0.4) is 0 Å². The molecule has 158 valence electrons. The van der Waals surface area contributed by atoms with Crippen LogP contribution in [0.2, 0.25) is 0 Å². The fourth-order valence-corrected chi connectivity index (χ4v) is 3.07. The van der Waals surface area contributed by atoms with Gasteiger partial charge in [0.05, 0.1) is 6.61 Å². The van der Waals surface area contributed by atoms with Crippen LogP contribution in [0.25, 0.3) is 0 Å². The Morgan fingerprint density at radius 3 is 2.31 bits per heavy atom. The predicted octanol–water partition coefficient (Wildman–Crippen LogP) is 2.56. The number of amides is 2. The molecular formula is C21H28N2O6. The van der Waals surface area contributed by atoms with Gasteiger partial charge in [-0.1, -0.05) is 0 Å². The van der Waals surface area contributed by atoms with Crippen molar-refractivity contribution >= 4 is 23.8 Å². The molecule has 29 heavy (non-hydrogen) atoms. The zero-order chi connectivity index (χ0) is 21.2. The number of nitrogens with zero attached hydrogens (tertiary/aromatic N) is 1. The van der Waals surface area contributed by atoms with Gasteiger partial charge in [0.1, 0.15) is 11.5 Å². The molecule has 8 nitrogen and oxygen atoms in total. The minimum absolute atomic E-state index is 0.00691. The van der Waals surface area contributed by atoms with Crippen molar-refractivity contribution in [3.63, 3.8) is 0 Å². The molecule has 2 amide bonds. The Balaban J connectivity index is 1.76. The van der Waals surface area contributed by atoms with Gasteiger partial charge in [0.15, 0.2) is 0 Å². The van der Waals surface area contributed by atoms with Crippen molar-refractivity contribution < 1.29 is 28.7 Å². The number of carbonyl (C=O) groups excluding carboxylic acids is 4. The minimum Gasteiger partial charge on any atom is -0.434 e. The molecule has 1 fully saturated rings. The van der Waals surface area contributed by atoms with Gasteiger partial charge in [-0.25, -0.2) is 4.79 Å². The molecule has 0 saturated carbocycles. The first-order chi connectivity index (χ1) is 13.9. The lowest BCUT2D eigenvalue weighted by molar-refractivity contribution is -0.124. The Morgan fingerprint density at radius 1 is 1.07 bits per heavy atom. The Labute approximate surface area is 170 Å². The zero-order valence-corrected chi connectivity index (χ0v) is 16.9. The molecule has 0 atom stereocenters. The topological polar surface area (TPSA) is 102 Å². The van der Waals surface area contributed by atoms with Crippen LogP contribution in [0.1, 0.15) is 49.9 Å². The Morgan fingerprint density at radius 2 is 1.72 bits per heavy atom. The maximum absolute atomic E-state index is 12.6. The smallest absolute Gasteiger partial charge is 0.434 e. The van der Waals surface area contributed by atoms with Crippen LogP contribution in [0, 0.1) is 5.92 Å². The number of hydrogen-bond donors (Lipinski definition) is 1. The van der Waals surface area contributed by atoms with Crippen LogP contribution in [0.4, 0.5) is 4.79 Å². The van der Waals surface area contributed by atoms with E-state index in [2.05, 4.69) is 5.32 Å². The van der Waals surface area contributed by atoms with E-state index < -0.39 is 6.16 Å². The molecule has 1 aliphatic heterocycles. The Bertz CT molecular complexity index is 723. The summed E-state index contributed by atoms with van der Waals surface area (Å²) in [7, 11) is 0. The number of rotatable bonds is 8. The predicted molar refractivity (Wildman–Crippen MR) is 106 cm³/mol. The van der Waals surface area contributed by atoms with Gasteiger partial charge in [0, 0.05) is 38.0 Å². The number of hydrogen-bond acceptors (Lipinski definition) is 6. The number of likely N-dealkylation sites (tertiary alicyclic amines) is 1. The molecule has 1 aliphatic rings. The number of carbonyl (C=O) groups is 4. The SMILES string of the molecule is CCOC(=O)Oc1ccc(C(=O)N2CCC(CNC(=O)CCC(C)=O)CC2)cc1. The zero-order valence-electron chi connectivity index (χ0n) is 16.9. The van der Waals surface area contributed by atoms with Crippen molar-refractivity contribution in [1.82, 2.24) is 10.2 Å². The standard InChI is InChI=1S/C21H28N2O6/c1-3-28-21(27)29-18-7-5-17(6-8-18)20(26)23-12-10-16(11-13-23)14-22-19(25)9-4-15(2)24/h5-8,16H,3-4,9-14H2,1-2H3,(H,22,25). The van der Waals surface area contributed by atoms with E-state index >= 15 is 0 Å². The largest absolute Gasteiger partial charge is 0.513 e. The molecule has 0 unspecified atom stereocenters. The van der Waals surface area contributed by atoms with Crippen LogP contribution in [-0.4, -0.2) is 54.9 Å². The molecular weight excluding hydrogens is 376 g/mol. The van der Waals surface area contributed by atoms with Gasteiger partial charge in [0.25, 0.3) is 5.91 Å². The number of piperidine rings is 1. The second-order valence-electron chi connectivity index (χ2n) is 7.05. The monoisotopic (exact) mass is 404 g/mol. The van der Waals surface area contributed by atoms with Crippen LogP contribution in [0.5, 0.6) is 5.75 Å². The first kappa shape index (κ1) is 22.4. The quantitative estimate of drug-likeness (QED) is 0.528. The molecule has 1 heterocycles. The minimum atomic E-state index is -0.776. The summed E-state index contributed by atoms with van der Waals surface area (Å²) in [5.41, 5.74) is 0.525. The molecule has 0 aliphatic carbocycles. The number of nitrogens with one attached hydrogen (secondary N) is 1. The third-order valence-electron chi connectivity index (χ3n) is 4.76. The molecule has 0 aromatic heterocycles. The van der Waals surface area contributed by atoms with Crippen LogP contribution in [-0.2, 0) is 14.3 Å². The van der Waals surface area contributed by atoms with Crippen molar-refractivity contribution in [2.75, 3.05) is 26.2 Å². The van der Waals surface area contributed by atoms with E-state index in [0.29, 0.717) is 36.9 Å². The average molecular weight is 404 g/mol. The van der Waals surface area contributed by atoms with Crippen molar-refractivity contribution in [2.45, 2.75) is 39.5 Å². The highest BCUT2D eigenvalue weighted by Crippen LogP contribution is 2.20. The molecule has 1 aromatic carbocycles. The van der Waals surface area contributed by atoms with Crippen molar-refractivity contribution in [1.29, 1.82) is 0 Å². The number of Topliss-reactive ketones (excluding diaryl/α,β-unsaturated/α-hetero) is 1. The molecule has 8 heteroatoms. The van der Waals surface area contributed by atoms with Crippen molar-refractivity contribution in [3.8, 4) is 5.75 Å². The third kappa shape index (κ3) is 7.56. The highest BCUT2D eigenvalue weighted by molar-refractivity contribution is 5.94. The normalized spacial score (nSPS) is 14.2. The summed E-state index contributed by atoms with van der Waals surface area (Å²) in [6.07, 6.45) is 1.33. The van der Waals surface area contributed by atoms with E-state index in [1.165, 1.54) is 6.92 Å². The number of benzene rings is 1. The lowest BCUT2D eigenvalue weighted by Gasteiger charge is -2.32. The molecule has 1 saturated heterocycles. The Hall–Kier alpha value is -2.90. The molecule has 1 aromatic rings. The number of ether oxygens (including phenoxy) is 2. The van der Waals surface area contributed by atoms with E-state index in [1.54, 1.807) is 36.1 Å². The summed E-state index contributed by atoms with van der Waals surface area (Å²) < 4.78 is 9.70. The maximum Gasteiger partial charge on any atom is 0.513 e. The molecule has 0 bridgehead atoms. The van der Waals surface area contributed by atoms with Crippen molar-refractivity contribution in [3.05, 3.63) is 29.8 Å². The lowest BCUT2D eigenvalue weighted by Crippen LogP contribution is -2.41. The summed E-state index contributed by atoms with van der Waals surface area (Å²) in [4.78, 5) is 48.4. The molecule has 0 spiro atoms. The van der Waals surface area contributed by atoms with Gasteiger partial charge >= 0.3 is 6.16 Å². The van der Waals surface area contributed by atoms with Crippen LogP contribution < -0.4 is 10.1 Å². The van der Waals surface area contributed by atoms with Gasteiger partial charge in [-0.3, -0.25) is 9.59 Å². The summed E-state index contributed by atoms with van der Waals surface area (Å²) in [6.45, 7) is 5.20. The fourth-order valence-electron chi connectivity index (χ4n) is 3.07. The van der Waals surface area contributed by atoms with Gasteiger partial charge in [-0.15, -0.1) is 0 Å². The second kappa shape index (κ2) is 11.2. The molecule has 2 rings (SSSR count).